The molecule has 2 rings (SSSR count). The molecule has 110 valence electrons. The molecule has 0 aliphatic rings. The summed E-state index contributed by atoms with van der Waals surface area (Å²) in [4.78, 5) is 23.5. The minimum absolute atomic E-state index is 0.123. The molecule has 0 aliphatic heterocycles. The second kappa shape index (κ2) is 6.89. The number of carbonyl (C=O) groups excluding carboxylic acids is 1. The number of hydrogen-bond acceptors (Lipinski definition) is 3. The molecule has 0 spiro atoms. The van der Waals surface area contributed by atoms with E-state index < -0.39 is 5.97 Å². The van der Waals surface area contributed by atoms with Gasteiger partial charge in [-0.2, -0.15) is 0 Å². The maximum Gasteiger partial charge on any atom is 0.337 e. The standard InChI is InChI=1S/C14H10Br3NO3/c1-21-14(20)8-2-3-9(11(16)4-8)6-18-7-10(15)5-12(17)13(18)19/h2-5,7H,6H2,1H3. The van der Waals surface area contributed by atoms with Gasteiger partial charge in [0.25, 0.3) is 5.56 Å². The van der Waals surface area contributed by atoms with Gasteiger partial charge in [-0.15, -0.1) is 0 Å². The highest BCUT2D eigenvalue weighted by atomic mass is 79.9. The van der Waals surface area contributed by atoms with Crippen molar-refractivity contribution < 1.29 is 9.53 Å². The van der Waals surface area contributed by atoms with Gasteiger partial charge in [0.2, 0.25) is 0 Å². The molecule has 0 unspecified atom stereocenters. The highest BCUT2D eigenvalue weighted by molar-refractivity contribution is 9.11. The molecule has 0 radical (unpaired) electrons. The van der Waals surface area contributed by atoms with Gasteiger partial charge in [0.05, 0.1) is 23.7 Å². The van der Waals surface area contributed by atoms with Crippen molar-refractivity contribution in [1.29, 1.82) is 0 Å². The maximum atomic E-state index is 12.1. The summed E-state index contributed by atoms with van der Waals surface area (Å²) in [5.41, 5.74) is 1.22. The first-order valence-corrected chi connectivity index (χ1v) is 8.22. The third-order valence-electron chi connectivity index (χ3n) is 2.82. The van der Waals surface area contributed by atoms with Gasteiger partial charge in [-0.25, -0.2) is 4.79 Å². The summed E-state index contributed by atoms with van der Waals surface area (Å²) in [6, 6.07) is 6.84. The van der Waals surface area contributed by atoms with Crippen molar-refractivity contribution in [2.24, 2.45) is 0 Å². The van der Waals surface area contributed by atoms with E-state index >= 15 is 0 Å². The fraction of sp³-hybridized carbons (Fsp3) is 0.143. The van der Waals surface area contributed by atoms with E-state index in [1.54, 1.807) is 35.0 Å². The van der Waals surface area contributed by atoms with Crippen LogP contribution >= 0.6 is 47.8 Å². The number of nitrogens with zero attached hydrogens (tertiary/aromatic N) is 1. The van der Waals surface area contributed by atoms with Crippen molar-refractivity contribution in [2.45, 2.75) is 6.54 Å². The van der Waals surface area contributed by atoms with Crippen LogP contribution in [0.15, 0.2) is 48.7 Å². The molecular formula is C14H10Br3NO3. The first kappa shape index (κ1) is 16.5. The van der Waals surface area contributed by atoms with Gasteiger partial charge in [0.15, 0.2) is 0 Å². The number of esters is 1. The van der Waals surface area contributed by atoms with Crippen LogP contribution in [0.2, 0.25) is 0 Å². The Bertz CT molecular complexity index is 756. The normalized spacial score (nSPS) is 10.5. The van der Waals surface area contributed by atoms with Crippen molar-refractivity contribution in [3.05, 3.63) is 65.4 Å². The number of benzene rings is 1. The minimum atomic E-state index is -0.399. The predicted octanol–water partition coefficient (Wildman–Crippen LogP) is 3.97. The quantitative estimate of drug-likeness (QED) is 0.626. The molecule has 21 heavy (non-hydrogen) atoms. The molecule has 1 aromatic carbocycles. The summed E-state index contributed by atoms with van der Waals surface area (Å²) in [5, 5.41) is 0. The third-order valence-corrected chi connectivity index (χ3v) is 4.56. The Labute approximate surface area is 146 Å². The number of hydrogen-bond donors (Lipinski definition) is 0. The van der Waals surface area contributed by atoms with Crippen LogP contribution in [0.5, 0.6) is 0 Å². The fourth-order valence-electron chi connectivity index (χ4n) is 1.79. The number of rotatable bonds is 3. The summed E-state index contributed by atoms with van der Waals surface area (Å²) < 4.78 is 8.28. The largest absolute Gasteiger partial charge is 0.465 e. The van der Waals surface area contributed by atoms with Crippen LogP contribution in [0.25, 0.3) is 0 Å². The zero-order valence-corrected chi connectivity index (χ0v) is 15.7. The predicted molar refractivity (Wildman–Crippen MR) is 90.7 cm³/mol. The van der Waals surface area contributed by atoms with Gasteiger partial charge < -0.3 is 9.30 Å². The molecule has 2 aromatic rings. The van der Waals surface area contributed by atoms with E-state index in [0.29, 0.717) is 16.6 Å². The molecule has 0 amide bonds. The van der Waals surface area contributed by atoms with Crippen LogP contribution in [0.3, 0.4) is 0 Å². The van der Waals surface area contributed by atoms with Gasteiger partial charge in [-0.3, -0.25) is 4.79 Å². The molecule has 0 saturated heterocycles. The number of ether oxygens (including phenoxy) is 1. The van der Waals surface area contributed by atoms with Gasteiger partial charge >= 0.3 is 5.97 Å². The zero-order valence-electron chi connectivity index (χ0n) is 10.9. The Kier molecular flexibility index (Phi) is 5.40. The Morgan fingerprint density at radius 2 is 1.90 bits per heavy atom. The lowest BCUT2D eigenvalue weighted by Gasteiger charge is -2.10. The monoisotopic (exact) mass is 477 g/mol. The Morgan fingerprint density at radius 1 is 1.19 bits per heavy atom. The van der Waals surface area contributed by atoms with Crippen molar-refractivity contribution in [1.82, 2.24) is 4.57 Å². The lowest BCUT2D eigenvalue weighted by Crippen LogP contribution is -2.21. The smallest absolute Gasteiger partial charge is 0.337 e. The van der Waals surface area contributed by atoms with E-state index in [-0.39, 0.29) is 5.56 Å². The van der Waals surface area contributed by atoms with Crippen LogP contribution in [-0.4, -0.2) is 17.6 Å². The van der Waals surface area contributed by atoms with E-state index in [0.717, 1.165) is 14.5 Å². The average molecular weight is 480 g/mol. The zero-order chi connectivity index (χ0) is 15.6. The maximum absolute atomic E-state index is 12.1. The third kappa shape index (κ3) is 3.84. The molecule has 0 N–H and O–H groups in total. The van der Waals surface area contributed by atoms with Crippen molar-refractivity contribution >= 4 is 53.8 Å². The lowest BCUT2D eigenvalue weighted by atomic mass is 10.1. The van der Waals surface area contributed by atoms with Gasteiger partial charge in [0.1, 0.15) is 0 Å². The number of aromatic nitrogens is 1. The molecule has 0 bridgehead atoms. The molecule has 4 nitrogen and oxygen atoms in total. The molecular weight excluding hydrogens is 470 g/mol. The summed E-state index contributed by atoms with van der Waals surface area (Å²) in [6.45, 7) is 0.388. The highest BCUT2D eigenvalue weighted by Crippen LogP contribution is 2.21. The SMILES string of the molecule is COC(=O)c1ccc(Cn2cc(Br)cc(Br)c2=O)c(Br)c1. The minimum Gasteiger partial charge on any atom is -0.465 e. The van der Waals surface area contributed by atoms with Crippen molar-refractivity contribution in [3.8, 4) is 0 Å². The van der Waals surface area contributed by atoms with E-state index in [4.69, 9.17) is 0 Å². The van der Waals surface area contributed by atoms with Crippen LogP contribution in [0, 0.1) is 0 Å². The molecule has 1 aromatic heterocycles. The van der Waals surface area contributed by atoms with Crippen molar-refractivity contribution in [2.75, 3.05) is 7.11 Å². The van der Waals surface area contributed by atoms with Crippen molar-refractivity contribution in [3.63, 3.8) is 0 Å². The van der Waals surface area contributed by atoms with E-state index in [1.165, 1.54) is 7.11 Å². The first-order chi connectivity index (χ1) is 9.92. The van der Waals surface area contributed by atoms with Crippen LogP contribution in [-0.2, 0) is 11.3 Å². The molecule has 0 fully saturated rings. The summed E-state index contributed by atoms with van der Waals surface area (Å²) in [7, 11) is 1.34. The van der Waals surface area contributed by atoms with Gasteiger partial charge in [-0.05, 0) is 55.6 Å². The number of methoxy groups -OCH3 is 1. The van der Waals surface area contributed by atoms with E-state index in [1.807, 2.05) is 0 Å². The Morgan fingerprint density at radius 3 is 2.52 bits per heavy atom. The molecule has 1 heterocycles. The Hall–Kier alpha value is -0.920. The van der Waals surface area contributed by atoms with E-state index in [9.17, 15) is 9.59 Å². The Balaban J connectivity index is 2.37. The summed E-state index contributed by atoms with van der Waals surface area (Å²) in [6.07, 6.45) is 1.72. The van der Waals surface area contributed by atoms with Crippen LogP contribution in [0.1, 0.15) is 15.9 Å². The van der Waals surface area contributed by atoms with E-state index in [2.05, 4.69) is 52.5 Å². The molecule has 0 saturated carbocycles. The number of pyridine rings is 1. The second-order valence-corrected chi connectivity index (χ2v) is 6.86. The van der Waals surface area contributed by atoms with Crippen LogP contribution < -0.4 is 5.56 Å². The van der Waals surface area contributed by atoms with Crippen LogP contribution in [0.4, 0.5) is 0 Å². The average Bonchev–Trinajstić information content (AvgIpc) is 2.45. The summed E-state index contributed by atoms with van der Waals surface area (Å²) >= 11 is 10.0. The number of halogens is 3. The second-order valence-electron chi connectivity index (χ2n) is 4.24. The first-order valence-electron chi connectivity index (χ1n) is 5.84. The highest BCUT2D eigenvalue weighted by Gasteiger charge is 2.10. The fourth-order valence-corrected chi connectivity index (χ4v) is 3.55. The van der Waals surface area contributed by atoms with Gasteiger partial charge in [0, 0.05) is 15.1 Å². The molecule has 0 aliphatic carbocycles. The number of carbonyl (C=O) groups is 1. The molecule has 7 heteroatoms. The van der Waals surface area contributed by atoms with Gasteiger partial charge in [-0.1, -0.05) is 22.0 Å². The molecule has 0 atom stereocenters. The lowest BCUT2D eigenvalue weighted by molar-refractivity contribution is 0.0600. The topological polar surface area (TPSA) is 48.3 Å². The summed E-state index contributed by atoms with van der Waals surface area (Å²) in [5.74, 6) is -0.399.